The Hall–Kier alpha value is -2.65. The van der Waals surface area contributed by atoms with Crippen LogP contribution in [0.4, 0.5) is 5.69 Å². The van der Waals surface area contributed by atoms with Crippen LogP contribution in [-0.2, 0) is 0 Å². The van der Waals surface area contributed by atoms with Crippen LogP contribution >= 0.6 is 0 Å². The quantitative estimate of drug-likeness (QED) is 0.613. The van der Waals surface area contributed by atoms with Crippen molar-refractivity contribution in [1.82, 2.24) is 9.88 Å². The zero-order valence-corrected chi connectivity index (χ0v) is 15.9. The second kappa shape index (κ2) is 8.63. The molecule has 0 N–H and O–H groups in total. The molecule has 0 unspecified atom stereocenters. The van der Waals surface area contributed by atoms with Gasteiger partial charge >= 0.3 is 0 Å². The van der Waals surface area contributed by atoms with Gasteiger partial charge in [0.15, 0.2) is 0 Å². The summed E-state index contributed by atoms with van der Waals surface area (Å²) < 4.78 is 0. The summed E-state index contributed by atoms with van der Waals surface area (Å²) >= 11 is 0. The molecule has 0 atom stereocenters. The van der Waals surface area contributed by atoms with Crippen LogP contribution in [0.2, 0.25) is 0 Å². The van der Waals surface area contributed by atoms with Gasteiger partial charge in [0, 0.05) is 30.7 Å². The van der Waals surface area contributed by atoms with Gasteiger partial charge in [0.2, 0.25) is 0 Å². The lowest BCUT2D eigenvalue weighted by molar-refractivity contribution is 0.414. The van der Waals surface area contributed by atoms with Crippen molar-refractivity contribution in [2.24, 2.45) is 0 Å². The molecule has 3 heteroatoms. The monoisotopic (exact) mass is 345 g/mol. The smallest absolute Gasteiger partial charge is 0.0730 e. The Morgan fingerprint density at radius 2 is 1.62 bits per heavy atom. The highest BCUT2D eigenvalue weighted by atomic mass is 15.2. The fraction of sp³-hybridized carbons (Fsp3) is 0.261. The first-order valence-electron chi connectivity index (χ1n) is 9.20. The maximum Gasteiger partial charge on any atom is 0.0730 e. The number of aromatic nitrogens is 1. The Bertz CT molecular complexity index is 869. The normalized spacial score (nSPS) is 11.5. The van der Waals surface area contributed by atoms with E-state index in [9.17, 15) is 0 Å². The van der Waals surface area contributed by atoms with Crippen molar-refractivity contribution in [3.05, 3.63) is 71.9 Å². The summed E-state index contributed by atoms with van der Waals surface area (Å²) in [5.74, 6) is 0. The summed E-state index contributed by atoms with van der Waals surface area (Å²) in [7, 11) is 4.24. The molecule has 0 bridgehead atoms. The summed E-state index contributed by atoms with van der Waals surface area (Å²) in [4.78, 5) is 9.50. The third-order valence-corrected chi connectivity index (χ3v) is 4.50. The number of hydrogen-bond donors (Lipinski definition) is 0. The number of fused-ring (bicyclic) bond motifs is 1. The third-order valence-electron chi connectivity index (χ3n) is 4.50. The standard InChI is InChI=1S/C23H27N3/c1-4-26(17-16-25(2)3)23-18-20(15-14-19-10-6-5-7-11-19)24-22-13-9-8-12-21(22)23/h5-15,18H,4,16-17H2,1-3H3/b15-14+. The molecule has 0 amide bonds. The highest BCUT2D eigenvalue weighted by Crippen LogP contribution is 2.27. The van der Waals surface area contributed by atoms with E-state index in [4.69, 9.17) is 4.98 Å². The van der Waals surface area contributed by atoms with Crippen LogP contribution < -0.4 is 4.90 Å². The van der Waals surface area contributed by atoms with Gasteiger partial charge in [0.05, 0.1) is 11.2 Å². The molecule has 1 heterocycles. The third kappa shape index (κ3) is 4.50. The topological polar surface area (TPSA) is 19.4 Å². The number of nitrogens with zero attached hydrogens (tertiary/aromatic N) is 3. The number of likely N-dealkylation sites (N-methyl/N-ethyl adjacent to an activating group) is 2. The first-order valence-corrected chi connectivity index (χ1v) is 9.20. The molecule has 0 spiro atoms. The van der Waals surface area contributed by atoms with E-state index in [1.807, 2.05) is 6.07 Å². The van der Waals surface area contributed by atoms with E-state index < -0.39 is 0 Å². The molecule has 2 aromatic carbocycles. The van der Waals surface area contributed by atoms with Gasteiger partial charge in [0.1, 0.15) is 0 Å². The average molecular weight is 345 g/mol. The zero-order valence-electron chi connectivity index (χ0n) is 15.9. The van der Waals surface area contributed by atoms with E-state index in [2.05, 4.69) is 97.6 Å². The number of benzene rings is 2. The zero-order chi connectivity index (χ0) is 18.4. The molecular formula is C23H27N3. The Labute approximate surface area is 156 Å². The summed E-state index contributed by atoms with van der Waals surface area (Å²) in [6.45, 7) is 5.22. The van der Waals surface area contributed by atoms with E-state index in [0.717, 1.165) is 30.8 Å². The van der Waals surface area contributed by atoms with Crippen LogP contribution in [0.1, 0.15) is 18.2 Å². The highest BCUT2D eigenvalue weighted by Gasteiger charge is 2.11. The predicted molar refractivity (Wildman–Crippen MR) is 114 cm³/mol. The first-order chi connectivity index (χ1) is 12.7. The molecule has 0 aliphatic heterocycles. The minimum absolute atomic E-state index is 0.976. The largest absolute Gasteiger partial charge is 0.370 e. The minimum Gasteiger partial charge on any atom is -0.370 e. The van der Waals surface area contributed by atoms with E-state index in [0.29, 0.717) is 0 Å². The van der Waals surface area contributed by atoms with Crippen molar-refractivity contribution >= 4 is 28.7 Å². The molecule has 1 aromatic heterocycles. The van der Waals surface area contributed by atoms with Gasteiger partial charge in [-0.15, -0.1) is 0 Å². The summed E-state index contributed by atoms with van der Waals surface area (Å²) in [6, 6.07) is 21.0. The highest BCUT2D eigenvalue weighted by molar-refractivity contribution is 5.93. The van der Waals surface area contributed by atoms with Gasteiger partial charge < -0.3 is 9.80 Å². The van der Waals surface area contributed by atoms with E-state index in [1.165, 1.54) is 16.6 Å². The molecule has 0 aliphatic rings. The SMILES string of the molecule is CCN(CCN(C)C)c1cc(/C=C/c2ccccc2)nc2ccccc12. The first kappa shape index (κ1) is 18.2. The van der Waals surface area contributed by atoms with Gasteiger partial charge in [-0.25, -0.2) is 4.98 Å². The molecule has 0 saturated heterocycles. The van der Waals surface area contributed by atoms with Crippen LogP contribution in [0.5, 0.6) is 0 Å². The summed E-state index contributed by atoms with van der Waals surface area (Å²) in [5, 5.41) is 1.21. The molecule has 3 aromatic rings. The molecule has 3 rings (SSSR count). The lowest BCUT2D eigenvalue weighted by Gasteiger charge is -2.26. The van der Waals surface area contributed by atoms with Gasteiger partial charge in [0.25, 0.3) is 0 Å². The lowest BCUT2D eigenvalue weighted by atomic mass is 10.1. The number of anilines is 1. The van der Waals surface area contributed by atoms with Crippen LogP contribution in [0.3, 0.4) is 0 Å². The molecule has 0 aliphatic carbocycles. The van der Waals surface area contributed by atoms with Gasteiger partial charge in [-0.05, 0) is 44.8 Å². The maximum atomic E-state index is 4.84. The van der Waals surface area contributed by atoms with Crippen molar-refractivity contribution in [3.63, 3.8) is 0 Å². The van der Waals surface area contributed by atoms with Gasteiger partial charge in [-0.3, -0.25) is 0 Å². The number of hydrogen-bond acceptors (Lipinski definition) is 3. The Morgan fingerprint density at radius 3 is 2.35 bits per heavy atom. The van der Waals surface area contributed by atoms with E-state index in [1.54, 1.807) is 0 Å². The van der Waals surface area contributed by atoms with Gasteiger partial charge in [-0.1, -0.05) is 54.6 Å². The molecular weight excluding hydrogens is 318 g/mol. The summed E-state index contributed by atoms with van der Waals surface area (Å²) in [5.41, 5.74) is 4.48. The van der Waals surface area contributed by atoms with Crippen LogP contribution in [0, 0.1) is 0 Å². The second-order valence-electron chi connectivity index (χ2n) is 6.71. The van der Waals surface area contributed by atoms with Crippen LogP contribution in [0.25, 0.3) is 23.1 Å². The Kier molecular flexibility index (Phi) is 6.03. The van der Waals surface area contributed by atoms with Crippen molar-refractivity contribution in [1.29, 1.82) is 0 Å². The molecule has 134 valence electrons. The van der Waals surface area contributed by atoms with Crippen molar-refractivity contribution in [3.8, 4) is 0 Å². The summed E-state index contributed by atoms with van der Waals surface area (Å²) in [6.07, 6.45) is 4.22. The molecule has 26 heavy (non-hydrogen) atoms. The minimum atomic E-state index is 0.976. The maximum absolute atomic E-state index is 4.84. The van der Waals surface area contributed by atoms with Gasteiger partial charge in [-0.2, -0.15) is 0 Å². The van der Waals surface area contributed by atoms with E-state index >= 15 is 0 Å². The lowest BCUT2D eigenvalue weighted by Crippen LogP contribution is -2.31. The fourth-order valence-corrected chi connectivity index (χ4v) is 3.04. The predicted octanol–water partition coefficient (Wildman–Crippen LogP) is 4.79. The number of pyridine rings is 1. The Balaban J connectivity index is 1.99. The van der Waals surface area contributed by atoms with Crippen molar-refractivity contribution in [2.75, 3.05) is 38.6 Å². The number of rotatable bonds is 7. The fourth-order valence-electron chi connectivity index (χ4n) is 3.04. The van der Waals surface area contributed by atoms with Crippen LogP contribution in [0.15, 0.2) is 60.7 Å². The molecule has 0 radical (unpaired) electrons. The average Bonchev–Trinajstić information content (AvgIpc) is 2.67. The van der Waals surface area contributed by atoms with Crippen molar-refractivity contribution in [2.45, 2.75) is 6.92 Å². The number of para-hydroxylation sites is 1. The Morgan fingerprint density at radius 1 is 0.885 bits per heavy atom. The second-order valence-corrected chi connectivity index (χ2v) is 6.71. The molecule has 0 saturated carbocycles. The van der Waals surface area contributed by atoms with E-state index in [-0.39, 0.29) is 0 Å². The molecule has 3 nitrogen and oxygen atoms in total. The molecule has 0 fully saturated rings. The van der Waals surface area contributed by atoms with Crippen LogP contribution in [-0.4, -0.2) is 43.6 Å². The van der Waals surface area contributed by atoms with Crippen molar-refractivity contribution < 1.29 is 0 Å².